The molecule has 0 radical (unpaired) electrons. The minimum Gasteiger partial charge on any atom is -0.489 e. The summed E-state index contributed by atoms with van der Waals surface area (Å²) in [6, 6.07) is 14.8. The third-order valence-corrected chi connectivity index (χ3v) is 8.65. The Labute approximate surface area is 208 Å². The zero-order chi connectivity index (χ0) is 24.7. The van der Waals surface area contributed by atoms with Gasteiger partial charge in [0.2, 0.25) is 5.88 Å². The maximum atomic E-state index is 11.3. The Balaban J connectivity index is 1.25. The van der Waals surface area contributed by atoms with E-state index in [0.717, 1.165) is 45.8 Å². The molecule has 6 heteroatoms. The number of aromatic nitrogens is 1. The third kappa shape index (κ3) is 5.08. The summed E-state index contributed by atoms with van der Waals surface area (Å²) < 4.78 is 34.4. The van der Waals surface area contributed by atoms with Crippen molar-refractivity contribution < 1.29 is 17.9 Å². The number of benzene rings is 2. The van der Waals surface area contributed by atoms with Crippen molar-refractivity contribution in [2.75, 3.05) is 18.6 Å². The van der Waals surface area contributed by atoms with E-state index >= 15 is 0 Å². The van der Waals surface area contributed by atoms with Gasteiger partial charge in [-0.3, -0.25) is 0 Å². The Morgan fingerprint density at radius 1 is 1.06 bits per heavy atom. The monoisotopic (exact) mass is 491 g/mol. The van der Waals surface area contributed by atoms with Crippen molar-refractivity contribution in [3.05, 3.63) is 76.5 Å². The molecular formula is C29H33NO4S. The van der Waals surface area contributed by atoms with Gasteiger partial charge in [-0.1, -0.05) is 31.2 Å². The van der Waals surface area contributed by atoms with Crippen LogP contribution in [0.25, 0.3) is 11.1 Å². The highest BCUT2D eigenvalue weighted by atomic mass is 32.2. The first-order valence-corrected chi connectivity index (χ1v) is 14.4. The first-order chi connectivity index (χ1) is 16.7. The van der Waals surface area contributed by atoms with E-state index in [2.05, 4.69) is 55.2 Å². The van der Waals surface area contributed by atoms with Gasteiger partial charge >= 0.3 is 0 Å². The molecule has 0 amide bonds. The van der Waals surface area contributed by atoms with Crippen LogP contribution in [0.15, 0.2) is 48.7 Å². The molecule has 3 aromatic rings. The number of rotatable bonds is 9. The number of nitrogens with zero attached hydrogens (tertiary/aromatic N) is 1. The van der Waals surface area contributed by atoms with E-state index in [0.29, 0.717) is 25.5 Å². The van der Waals surface area contributed by atoms with Crippen LogP contribution in [0.3, 0.4) is 0 Å². The molecule has 1 saturated carbocycles. The molecule has 1 fully saturated rings. The predicted octanol–water partition coefficient (Wildman–Crippen LogP) is 5.66. The number of ether oxygens (including phenoxy) is 2. The average molecular weight is 492 g/mol. The minimum atomic E-state index is -2.98. The second kappa shape index (κ2) is 9.30. The number of hydrogen-bond acceptors (Lipinski definition) is 5. The van der Waals surface area contributed by atoms with Gasteiger partial charge in [0, 0.05) is 24.1 Å². The zero-order valence-corrected chi connectivity index (χ0v) is 21.7. The summed E-state index contributed by atoms with van der Waals surface area (Å²) in [5.41, 5.74) is 8.56. The molecule has 1 aromatic heterocycles. The van der Waals surface area contributed by atoms with Crippen molar-refractivity contribution >= 4 is 9.84 Å². The Bertz CT molecular complexity index is 1370. The molecule has 35 heavy (non-hydrogen) atoms. The molecule has 0 saturated heterocycles. The topological polar surface area (TPSA) is 65.5 Å². The third-order valence-electron chi connectivity index (χ3n) is 7.62. The lowest BCUT2D eigenvalue weighted by Gasteiger charge is -2.15. The SMILES string of the molecule is Cc1cc(OCCCS(C)(=O)=O)ncc1-c1cccc(COc2ccc3c(c2)C[C@H]2[C@H](C)[C@@H]32)c1C. The van der Waals surface area contributed by atoms with E-state index in [9.17, 15) is 8.42 Å². The summed E-state index contributed by atoms with van der Waals surface area (Å²) in [5, 5.41) is 0. The van der Waals surface area contributed by atoms with Crippen molar-refractivity contribution in [1.29, 1.82) is 0 Å². The highest BCUT2D eigenvalue weighted by Crippen LogP contribution is 2.61. The standard InChI is InChI=1S/C29H33NO4S/c1-18-13-28(33-11-6-12-35(4,31)32)30-16-27(18)24-8-5-7-21(19(24)2)17-34-23-9-10-25-22(14-23)15-26-20(3)29(25)26/h5,7-10,13-14,16,20,26,29H,6,11-12,15,17H2,1-4H3/t20-,26-,29-/m0/s1. The molecule has 2 aliphatic rings. The number of fused-ring (bicyclic) bond motifs is 3. The van der Waals surface area contributed by atoms with Crippen LogP contribution in [0, 0.1) is 25.7 Å². The molecule has 5 rings (SSSR count). The van der Waals surface area contributed by atoms with Gasteiger partial charge in [-0.2, -0.15) is 0 Å². The van der Waals surface area contributed by atoms with Crippen molar-refractivity contribution in [2.45, 2.75) is 46.1 Å². The van der Waals surface area contributed by atoms with Gasteiger partial charge in [0.15, 0.2) is 0 Å². The second-order valence-electron chi connectivity index (χ2n) is 10.2. The molecule has 184 valence electrons. The fourth-order valence-electron chi connectivity index (χ4n) is 5.48. The molecule has 3 atom stereocenters. The fraction of sp³-hybridized carbons (Fsp3) is 0.414. The van der Waals surface area contributed by atoms with Crippen molar-refractivity contribution in [1.82, 2.24) is 4.98 Å². The lowest BCUT2D eigenvalue weighted by atomic mass is 9.95. The summed E-state index contributed by atoms with van der Waals surface area (Å²) in [6.07, 6.45) is 4.71. The smallest absolute Gasteiger partial charge is 0.213 e. The summed E-state index contributed by atoms with van der Waals surface area (Å²) in [4.78, 5) is 4.46. The summed E-state index contributed by atoms with van der Waals surface area (Å²) in [5.74, 6) is 4.04. The lowest BCUT2D eigenvalue weighted by Crippen LogP contribution is -2.08. The first-order valence-electron chi connectivity index (χ1n) is 12.3. The molecule has 2 aliphatic carbocycles. The van der Waals surface area contributed by atoms with Crippen LogP contribution in [0.1, 0.15) is 47.1 Å². The van der Waals surface area contributed by atoms with E-state index in [1.54, 1.807) is 0 Å². The average Bonchev–Trinajstić information content (AvgIpc) is 3.26. The summed E-state index contributed by atoms with van der Waals surface area (Å²) >= 11 is 0. The molecule has 2 aromatic carbocycles. The maximum Gasteiger partial charge on any atom is 0.213 e. The molecule has 0 bridgehead atoms. The fourth-order valence-corrected chi connectivity index (χ4v) is 6.12. The minimum absolute atomic E-state index is 0.115. The Hall–Kier alpha value is -2.86. The molecular weight excluding hydrogens is 458 g/mol. The van der Waals surface area contributed by atoms with Crippen LogP contribution in [0.5, 0.6) is 11.6 Å². The Morgan fingerprint density at radius 3 is 2.66 bits per heavy atom. The molecule has 1 heterocycles. The van der Waals surface area contributed by atoms with E-state index in [1.165, 1.54) is 29.4 Å². The van der Waals surface area contributed by atoms with Gasteiger partial charge in [0.1, 0.15) is 22.2 Å². The molecule has 0 aliphatic heterocycles. The van der Waals surface area contributed by atoms with Gasteiger partial charge in [-0.15, -0.1) is 0 Å². The lowest BCUT2D eigenvalue weighted by molar-refractivity contribution is 0.305. The van der Waals surface area contributed by atoms with Crippen molar-refractivity contribution in [3.63, 3.8) is 0 Å². The number of pyridine rings is 1. The molecule has 0 spiro atoms. The van der Waals surface area contributed by atoms with Gasteiger partial charge < -0.3 is 9.47 Å². The highest BCUT2D eigenvalue weighted by Gasteiger charge is 2.52. The number of aryl methyl sites for hydroxylation is 1. The predicted molar refractivity (Wildman–Crippen MR) is 139 cm³/mol. The largest absolute Gasteiger partial charge is 0.489 e. The van der Waals surface area contributed by atoms with Crippen LogP contribution >= 0.6 is 0 Å². The Morgan fingerprint density at radius 2 is 1.89 bits per heavy atom. The second-order valence-corrected chi connectivity index (χ2v) is 12.4. The van der Waals surface area contributed by atoms with Crippen LogP contribution in [0.2, 0.25) is 0 Å². The van der Waals surface area contributed by atoms with E-state index in [1.807, 2.05) is 19.2 Å². The summed E-state index contributed by atoms with van der Waals surface area (Å²) in [6.45, 7) is 7.38. The van der Waals surface area contributed by atoms with Gasteiger partial charge in [-0.25, -0.2) is 13.4 Å². The molecule has 5 nitrogen and oxygen atoms in total. The van der Waals surface area contributed by atoms with Crippen LogP contribution in [0.4, 0.5) is 0 Å². The van der Waals surface area contributed by atoms with Crippen molar-refractivity contribution in [2.24, 2.45) is 11.8 Å². The van der Waals surface area contributed by atoms with Gasteiger partial charge in [-0.05, 0) is 90.0 Å². The highest BCUT2D eigenvalue weighted by molar-refractivity contribution is 7.90. The van der Waals surface area contributed by atoms with Crippen molar-refractivity contribution in [3.8, 4) is 22.8 Å². The number of hydrogen-bond donors (Lipinski definition) is 0. The van der Waals surface area contributed by atoms with Crippen LogP contribution < -0.4 is 9.47 Å². The Kier molecular flexibility index (Phi) is 6.34. The molecule has 0 unspecified atom stereocenters. The maximum absolute atomic E-state index is 11.3. The molecule has 0 N–H and O–H groups in total. The normalized spacial score (nSPS) is 20.3. The quantitative estimate of drug-likeness (QED) is 0.361. The number of sulfone groups is 1. The zero-order valence-electron chi connectivity index (χ0n) is 20.9. The summed E-state index contributed by atoms with van der Waals surface area (Å²) in [7, 11) is -2.98. The van der Waals surface area contributed by atoms with E-state index in [4.69, 9.17) is 9.47 Å². The first kappa shape index (κ1) is 23.9. The van der Waals surface area contributed by atoms with Crippen LogP contribution in [-0.4, -0.2) is 32.0 Å². The van der Waals surface area contributed by atoms with Gasteiger partial charge in [0.05, 0.1) is 12.4 Å². The van der Waals surface area contributed by atoms with E-state index in [-0.39, 0.29) is 5.75 Å². The van der Waals surface area contributed by atoms with E-state index < -0.39 is 9.84 Å². The van der Waals surface area contributed by atoms with Crippen LogP contribution in [-0.2, 0) is 22.9 Å². The van der Waals surface area contributed by atoms with Gasteiger partial charge in [0.25, 0.3) is 0 Å².